The number of hydrogen-bond donors (Lipinski definition) is 0. The van der Waals surface area contributed by atoms with Crippen LogP contribution in [0.5, 0.6) is 5.75 Å². The molecule has 0 saturated heterocycles. The van der Waals surface area contributed by atoms with Crippen LogP contribution in [0.25, 0.3) is 11.1 Å². The highest BCUT2D eigenvalue weighted by Gasteiger charge is 2.10. The van der Waals surface area contributed by atoms with E-state index >= 15 is 0 Å². The summed E-state index contributed by atoms with van der Waals surface area (Å²) >= 11 is 12.5. The molecule has 0 amide bonds. The van der Waals surface area contributed by atoms with Gasteiger partial charge in [0.15, 0.2) is 0 Å². The van der Waals surface area contributed by atoms with Gasteiger partial charge in [0.2, 0.25) is 0 Å². The summed E-state index contributed by atoms with van der Waals surface area (Å²) < 4.78 is 5.73. The van der Waals surface area contributed by atoms with Crippen LogP contribution >= 0.6 is 23.2 Å². The Labute approximate surface area is 147 Å². The number of benzene rings is 2. The predicted molar refractivity (Wildman–Crippen MR) is 96.3 cm³/mol. The molecule has 0 N–H and O–H groups in total. The number of nitrogens with zero attached hydrogens (tertiary/aromatic N) is 1. The summed E-state index contributed by atoms with van der Waals surface area (Å²) in [6, 6.07) is 13.0. The van der Waals surface area contributed by atoms with Gasteiger partial charge >= 0.3 is 0 Å². The first kappa shape index (κ1) is 17.7. The summed E-state index contributed by atoms with van der Waals surface area (Å²) in [7, 11) is 0. The summed E-state index contributed by atoms with van der Waals surface area (Å²) in [5.41, 5.74) is 2.10. The third kappa shape index (κ3) is 4.89. The molecule has 0 bridgehead atoms. The number of hydrogen-bond acceptors (Lipinski definition) is 2. The van der Waals surface area contributed by atoms with Crippen LogP contribution in [0.4, 0.5) is 0 Å². The van der Waals surface area contributed by atoms with Crippen LogP contribution < -0.4 is 4.74 Å². The Morgan fingerprint density at radius 3 is 2.22 bits per heavy atom. The second-order valence-corrected chi connectivity index (χ2v) is 6.17. The van der Waals surface area contributed by atoms with Gasteiger partial charge in [-0.05, 0) is 36.2 Å². The van der Waals surface area contributed by atoms with Crippen molar-refractivity contribution in [3.8, 4) is 22.9 Å². The lowest BCUT2D eigenvalue weighted by Gasteiger charge is -2.10. The maximum Gasteiger partial charge on any atom is 0.119 e. The molecule has 0 aromatic heterocycles. The van der Waals surface area contributed by atoms with Crippen molar-refractivity contribution >= 4 is 23.2 Å². The summed E-state index contributed by atoms with van der Waals surface area (Å²) in [6.07, 6.45) is 4.74. The van der Waals surface area contributed by atoms with Crippen molar-refractivity contribution in [3.63, 3.8) is 0 Å². The van der Waals surface area contributed by atoms with Crippen LogP contribution in [0, 0.1) is 11.3 Å². The number of rotatable bonds is 7. The largest absolute Gasteiger partial charge is 0.494 e. The van der Waals surface area contributed by atoms with Gasteiger partial charge in [-0.3, -0.25) is 0 Å². The summed E-state index contributed by atoms with van der Waals surface area (Å²) in [5, 5.41) is 9.89. The minimum Gasteiger partial charge on any atom is -0.494 e. The summed E-state index contributed by atoms with van der Waals surface area (Å²) in [5.74, 6) is 0.839. The second-order valence-electron chi connectivity index (χ2n) is 5.36. The van der Waals surface area contributed by atoms with E-state index in [1.165, 1.54) is 19.3 Å². The van der Waals surface area contributed by atoms with Crippen molar-refractivity contribution in [1.82, 2.24) is 0 Å². The minimum atomic E-state index is 0.454. The van der Waals surface area contributed by atoms with Crippen molar-refractivity contribution in [1.29, 1.82) is 5.26 Å². The Kier molecular flexibility index (Phi) is 6.77. The van der Waals surface area contributed by atoms with Gasteiger partial charge in [0, 0.05) is 5.56 Å². The maximum atomic E-state index is 8.94. The first-order valence-corrected chi connectivity index (χ1v) is 8.53. The van der Waals surface area contributed by atoms with Gasteiger partial charge in [0.25, 0.3) is 0 Å². The van der Waals surface area contributed by atoms with Gasteiger partial charge in [-0.25, -0.2) is 0 Å². The van der Waals surface area contributed by atoms with Crippen molar-refractivity contribution < 1.29 is 4.74 Å². The van der Waals surface area contributed by atoms with Crippen molar-refractivity contribution in [2.24, 2.45) is 0 Å². The highest BCUT2D eigenvalue weighted by molar-refractivity contribution is 6.39. The fourth-order valence-corrected chi connectivity index (χ4v) is 3.06. The van der Waals surface area contributed by atoms with E-state index in [4.69, 9.17) is 33.2 Å². The highest BCUT2D eigenvalue weighted by Crippen LogP contribution is 2.36. The van der Waals surface area contributed by atoms with Gasteiger partial charge in [-0.15, -0.1) is 0 Å². The Balaban J connectivity index is 2.07. The normalized spacial score (nSPS) is 10.3. The molecule has 120 valence electrons. The first-order chi connectivity index (χ1) is 11.2. The first-order valence-electron chi connectivity index (χ1n) is 7.78. The Bertz CT molecular complexity index is 667. The second kappa shape index (κ2) is 8.82. The molecule has 0 atom stereocenters. The number of halogens is 2. The molecule has 0 heterocycles. The molecule has 2 rings (SSSR count). The molecule has 0 fully saturated rings. The third-order valence-electron chi connectivity index (χ3n) is 3.58. The van der Waals surface area contributed by atoms with E-state index in [1.54, 1.807) is 12.1 Å². The molecule has 2 nitrogen and oxygen atoms in total. The lowest BCUT2D eigenvalue weighted by Crippen LogP contribution is -1.97. The predicted octanol–water partition coefficient (Wildman–Crippen LogP) is 6.49. The molecule has 0 radical (unpaired) electrons. The molecule has 4 heteroatoms. The summed E-state index contributed by atoms with van der Waals surface area (Å²) in [6.45, 7) is 2.93. The van der Waals surface area contributed by atoms with E-state index in [2.05, 4.69) is 6.92 Å². The molecule has 0 aliphatic rings. The van der Waals surface area contributed by atoms with Gasteiger partial charge in [-0.2, -0.15) is 5.26 Å². The maximum absolute atomic E-state index is 8.94. The van der Waals surface area contributed by atoms with E-state index in [1.807, 2.05) is 30.3 Å². The minimum absolute atomic E-state index is 0.454. The van der Waals surface area contributed by atoms with Crippen LogP contribution in [-0.4, -0.2) is 6.61 Å². The highest BCUT2D eigenvalue weighted by atomic mass is 35.5. The molecule has 0 spiro atoms. The van der Waals surface area contributed by atoms with Crippen LogP contribution in [0.2, 0.25) is 10.0 Å². The van der Waals surface area contributed by atoms with Gasteiger partial charge in [-0.1, -0.05) is 61.5 Å². The Morgan fingerprint density at radius 2 is 1.65 bits per heavy atom. The lowest BCUT2D eigenvalue weighted by molar-refractivity contribution is 0.305. The van der Waals surface area contributed by atoms with Crippen LogP contribution in [-0.2, 0) is 0 Å². The smallest absolute Gasteiger partial charge is 0.119 e. The third-order valence-corrected chi connectivity index (χ3v) is 4.18. The SMILES string of the molecule is CCCCCCOc1ccc(-c2c(Cl)cc(C#N)cc2Cl)cc1. The van der Waals surface area contributed by atoms with E-state index < -0.39 is 0 Å². The van der Waals surface area contributed by atoms with Crippen molar-refractivity contribution in [3.05, 3.63) is 52.0 Å². The lowest BCUT2D eigenvalue weighted by atomic mass is 10.0. The quantitative estimate of drug-likeness (QED) is 0.536. The summed E-state index contributed by atoms with van der Waals surface area (Å²) in [4.78, 5) is 0. The molecule has 23 heavy (non-hydrogen) atoms. The van der Waals surface area contributed by atoms with E-state index in [9.17, 15) is 0 Å². The van der Waals surface area contributed by atoms with E-state index in [0.717, 1.165) is 29.9 Å². The van der Waals surface area contributed by atoms with Crippen molar-refractivity contribution in [2.75, 3.05) is 6.61 Å². The standard InChI is InChI=1S/C19H19Cl2NO/c1-2-3-4-5-10-23-16-8-6-15(7-9-16)19-17(20)11-14(13-22)12-18(19)21/h6-9,11-12H,2-5,10H2,1H3. The van der Waals surface area contributed by atoms with Crippen LogP contribution in [0.15, 0.2) is 36.4 Å². The zero-order valence-electron chi connectivity index (χ0n) is 13.1. The molecular weight excluding hydrogens is 329 g/mol. The number of nitriles is 1. The molecule has 2 aromatic carbocycles. The van der Waals surface area contributed by atoms with Crippen LogP contribution in [0.1, 0.15) is 38.2 Å². The average molecular weight is 348 g/mol. The number of ether oxygens (including phenoxy) is 1. The molecule has 0 saturated carbocycles. The molecule has 0 aliphatic heterocycles. The van der Waals surface area contributed by atoms with E-state index in [-0.39, 0.29) is 0 Å². The van der Waals surface area contributed by atoms with Crippen LogP contribution in [0.3, 0.4) is 0 Å². The number of unbranched alkanes of at least 4 members (excludes halogenated alkanes) is 3. The molecule has 2 aromatic rings. The molecular formula is C19H19Cl2NO. The van der Waals surface area contributed by atoms with E-state index in [0.29, 0.717) is 15.6 Å². The van der Waals surface area contributed by atoms with Gasteiger partial charge in [0.05, 0.1) is 28.3 Å². The molecule has 0 aliphatic carbocycles. The topological polar surface area (TPSA) is 33.0 Å². The van der Waals surface area contributed by atoms with Gasteiger partial charge in [0.1, 0.15) is 5.75 Å². The average Bonchev–Trinajstić information content (AvgIpc) is 2.55. The zero-order valence-corrected chi connectivity index (χ0v) is 14.6. The Morgan fingerprint density at radius 1 is 1.00 bits per heavy atom. The van der Waals surface area contributed by atoms with Gasteiger partial charge < -0.3 is 4.74 Å². The fraction of sp³-hybridized carbons (Fsp3) is 0.316. The van der Waals surface area contributed by atoms with Crippen molar-refractivity contribution in [2.45, 2.75) is 32.6 Å². The zero-order chi connectivity index (χ0) is 16.7. The molecule has 0 unspecified atom stereocenters. The monoisotopic (exact) mass is 347 g/mol. The fourth-order valence-electron chi connectivity index (χ4n) is 2.35. The Hall–Kier alpha value is -1.69.